The lowest BCUT2D eigenvalue weighted by Crippen LogP contribution is -2.69. The minimum Gasteiger partial charge on any atom is -0.393 e. The van der Waals surface area contributed by atoms with Crippen LogP contribution in [0, 0.1) is 17.3 Å². The maximum Gasteiger partial charge on any atom is 0.144 e. The summed E-state index contributed by atoms with van der Waals surface area (Å²) < 4.78 is 5.88. The molecule has 1 aliphatic heterocycles. The van der Waals surface area contributed by atoms with Gasteiger partial charge in [0.1, 0.15) is 5.78 Å². The number of aliphatic hydroxyl groups is 2. The Morgan fingerprint density at radius 1 is 1.35 bits per heavy atom. The predicted octanol–water partition coefficient (Wildman–Crippen LogP) is 1.45. The van der Waals surface area contributed by atoms with Gasteiger partial charge in [0, 0.05) is 12.3 Å². The van der Waals surface area contributed by atoms with Gasteiger partial charge >= 0.3 is 0 Å². The SMILES string of the molecule is C[C@H]1C[C@H](O)[C@H]2[C@@](O)(C=C[C@@]3(C)OCCC(=O)[C@]23C)C1. The molecule has 0 bridgehead atoms. The molecule has 20 heavy (non-hydrogen) atoms. The van der Waals surface area contributed by atoms with Crippen LogP contribution in [0.5, 0.6) is 0 Å². The number of Topliss-reactive ketones (excluding diaryl/α,β-unsaturated/α-hetero) is 1. The molecule has 3 rings (SSSR count). The molecule has 1 heterocycles. The molecular formula is C16H24O4. The quantitative estimate of drug-likeness (QED) is 0.659. The molecule has 4 heteroatoms. The first-order chi connectivity index (χ1) is 9.23. The lowest BCUT2D eigenvalue weighted by atomic mass is 9.49. The third kappa shape index (κ3) is 1.62. The van der Waals surface area contributed by atoms with E-state index < -0.39 is 28.6 Å². The smallest absolute Gasteiger partial charge is 0.144 e. The van der Waals surface area contributed by atoms with Crippen LogP contribution in [0.4, 0.5) is 0 Å². The van der Waals surface area contributed by atoms with Crippen LogP contribution in [0.3, 0.4) is 0 Å². The first-order valence-electron chi connectivity index (χ1n) is 7.51. The van der Waals surface area contributed by atoms with E-state index in [4.69, 9.17) is 4.74 Å². The maximum atomic E-state index is 12.6. The number of fused-ring (bicyclic) bond motifs is 3. The van der Waals surface area contributed by atoms with Crippen molar-refractivity contribution in [2.75, 3.05) is 6.61 Å². The van der Waals surface area contributed by atoms with Gasteiger partial charge in [-0.1, -0.05) is 19.1 Å². The molecule has 0 aromatic heterocycles. The van der Waals surface area contributed by atoms with Crippen molar-refractivity contribution in [1.29, 1.82) is 0 Å². The summed E-state index contributed by atoms with van der Waals surface area (Å²) in [6.07, 6.45) is 4.49. The van der Waals surface area contributed by atoms with Crippen LogP contribution in [0.1, 0.15) is 40.0 Å². The number of ether oxygens (including phenoxy) is 1. The Morgan fingerprint density at radius 2 is 2.05 bits per heavy atom. The number of hydrogen-bond acceptors (Lipinski definition) is 4. The van der Waals surface area contributed by atoms with Crippen LogP contribution in [0.2, 0.25) is 0 Å². The topological polar surface area (TPSA) is 66.8 Å². The zero-order chi connectivity index (χ0) is 14.8. The summed E-state index contributed by atoms with van der Waals surface area (Å²) in [5.41, 5.74) is -2.71. The number of aliphatic hydroxyl groups excluding tert-OH is 1. The summed E-state index contributed by atoms with van der Waals surface area (Å²) in [6, 6.07) is 0. The van der Waals surface area contributed by atoms with E-state index in [0.29, 0.717) is 25.9 Å². The zero-order valence-electron chi connectivity index (χ0n) is 12.4. The second-order valence-electron chi connectivity index (χ2n) is 7.25. The van der Waals surface area contributed by atoms with Gasteiger partial charge in [0.25, 0.3) is 0 Å². The summed E-state index contributed by atoms with van der Waals surface area (Å²) in [7, 11) is 0. The first kappa shape index (κ1) is 14.2. The Kier molecular flexibility index (Phi) is 2.96. The van der Waals surface area contributed by atoms with Crippen LogP contribution in [-0.2, 0) is 9.53 Å². The van der Waals surface area contributed by atoms with Crippen LogP contribution >= 0.6 is 0 Å². The van der Waals surface area contributed by atoms with Gasteiger partial charge in [-0.25, -0.2) is 0 Å². The number of carbonyl (C=O) groups is 1. The molecular weight excluding hydrogens is 256 g/mol. The van der Waals surface area contributed by atoms with Crippen LogP contribution in [0.15, 0.2) is 12.2 Å². The maximum absolute atomic E-state index is 12.6. The Bertz CT molecular complexity index is 473. The van der Waals surface area contributed by atoms with Crippen molar-refractivity contribution in [2.45, 2.75) is 57.3 Å². The fraction of sp³-hybridized carbons (Fsp3) is 0.812. The van der Waals surface area contributed by atoms with E-state index in [-0.39, 0.29) is 11.7 Å². The van der Waals surface area contributed by atoms with Gasteiger partial charge < -0.3 is 14.9 Å². The fourth-order valence-electron chi connectivity index (χ4n) is 4.76. The molecule has 2 N–H and O–H groups in total. The average molecular weight is 280 g/mol. The number of rotatable bonds is 0. The Balaban J connectivity index is 2.15. The molecule has 1 saturated carbocycles. The Morgan fingerprint density at radius 3 is 2.75 bits per heavy atom. The summed E-state index contributed by atoms with van der Waals surface area (Å²) in [4.78, 5) is 12.6. The van der Waals surface area contributed by atoms with Crippen molar-refractivity contribution in [1.82, 2.24) is 0 Å². The molecule has 2 aliphatic carbocycles. The zero-order valence-corrected chi connectivity index (χ0v) is 12.4. The first-order valence-corrected chi connectivity index (χ1v) is 7.51. The molecule has 112 valence electrons. The molecule has 0 radical (unpaired) electrons. The lowest BCUT2D eigenvalue weighted by Gasteiger charge is -2.60. The van der Waals surface area contributed by atoms with E-state index in [1.165, 1.54) is 0 Å². The highest BCUT2D eigenvalue weighted by Crippen LogP contribution is 2.58. The van der Waals surface area contributed by atoms with Crippen molar-refractivity contribution >= 4 is 5.78 Å². The van der Waals surface area contributed by atoms with E-state index >= 15 is 0 Å². The standard InChI is InChI=1S/C16H24O4/c1-10-8-11(17)13-15(3)12(18)4-7-20-14(15,2)5-6-16(13,19)9-10/h5-6,10-11,13,17,19H,4,7-9H2,1-3H3/t10-,11-,13+,14+,15+,16+/m0/s1. The van der Waals surface area contributed by atoms with Crippen LogP contribution in [-0.4, -0.2) is 39.9 Å². The highest BCUT2D eigenvalue weighted by Gasteiger charge is 2.66. The van der Waals surface area contributed by atoms with Gasteiger partial charge in [-0.3, -0.25) is 4.79 Å². The summed E-state index contributed by atoms with van der Waals surface area (Å²) >= 11 is 0. The minimum atomic E-state index is -1.11. The van der Waals surface area contributed by atoms with Crippen molar-refractivity contribution in [3.8, 4) is 0 Å². The molecule has 4 nitrogen and oxygen atoms in total. The van der Waals surface area contributed by atoms with E-state index in [1.54, 1.807) is 6.08 Å². The third-order valence-corrected chi connectivity index (χ3v) is 5.90. The summed E-state index contributed by atoms with van der Waals surface area (Å²) in [5.74, 6) is -0.162. The monoisotopic (exact) mass is 280 g/mol. The molecule has 6 atom stereocenters. The molecule has 1 saturated heterocycles. The van der Waals surface area contributed by atoms with Gasteiger partial charge in [0.2, 0.25) is 0 Å². The molecule has 3 aliphatic rings. The number of hydrogen-bond donors (Lipinski definition) is 2. The van der Waals surface area contributed by atoms with Crippen LogP contribution in [0.25, 0.3) is 0 Å². The Labute approximate surface area is 119 Å². The third-order valence-electron chi connectivity index (χ3n) is 5.90. The molecule has 2 fully saturated rings. The van der Waals surface area contributed by atoms with E-state index in [9.17, 15) is 15.0 Å². The molecule has 0 amide bonds. The van der Waals surface area contributed by atoms with Gasteiger partial charge in [-0.05, 0) is 32.6 Å². The second-order valence-corrected chi connectivity index (χ2v) is 7.25. The highest BCUT2D eigenvalue weighted by atomic mass is 16.5. The largest absolute Gasteiger partial charge is 0.393 e. The van der Waals surface area contributed by atoms with Crippen molar-refractivity contribution in [2.24, 2.45) is 17.3 Å². The van der Waals surface area contributed by atoms with Crippen molar-refractivity contribution < 1.29 is 19.7 Å². The van der Waals surface area contributed by atoms with Gasteiger partial charge in [-0.15, -0.1) is 0 Å². The summed E-state index contributed by atoms with van der Waals surface area (Å²) in [5, 5.41) is 21.6. The van der Waals surface area contributed by atoms with E-state index in [2.05, 4.69) is 0 Å². The normalized spacial score (nSPS) is 55.2. The summed E-state index contributed by atoms with van der Waals surface area (Å²) in [6.45, 7) is 6.19. The highest BCUT2D eigenvalue weighted by molar-refractivity contribution is 5.88. The van der Waals surface area contributed by atoms with Gasteiger partial charge in [0.05, 0.1) is 29.3 Å². The molecule has 0 unspecified atom stereocenters. The number of ketones is 1. The lowest BCUT2D eigenvalue weighted by molar-refractivity contribution is -0.220. The van der Waals surface area contributed by atoms with E-state index in [1.807, 2.05) is 26.8 Å². The van der Waals surface area contributed by atoms with E-state index in [0.717, 1.165) is 0 Å². The molecule has 0 aromatic carbocycles. The second kappa shape index (κ2) is 4.15. The predicted molar refractivity (Wildman–Crippen MR) is 74.1 cm³/mol. The van der Waals surface area contributed by atoms with Gasteiger partial charge in [0.15, 0.2) is 0 Å². The minimum absolute atomic E-state index is 0.0904. The molecule has 0 aromatic rings. The van der Waals surface area contributed by atoms with Crippen molar-refractivity contribution in [3.63, 3.8) is 0 Å². The average Bonchev–Trinajstić information content (AvgIpc) is 2.32. The molecule has 0 spiro atoms. The number of carbonyl (C=O) groups excluding carboxylic acids is 1. The van der Waals surface area contributed by atoms with Gasteiger partial charge in [-0.2, -0.15) is 0 Å². The Hall–Kier alpha value is -0.710. The van der Waals surface area contributed by atoms with Crippen LogP contribution < -0.4 is 0 Å². The fourth-order valence-corrected chi connectivity index (χ4v) is 4.76. The van der Waals surface area contributed by atoms with Crippen molar-refractivity contribution in [3.05, 3.63) is 12.2 Å².